The maximum absolute atomic E-state index is 11.7. The first-order valence-electron chi connectivity index (χ1n) is 7.77. The van der Waals surface area contributed by atoms with Gasteiger partial charge in [-0.1, -0.05) is 0 Å². The molecule has 0 amide bonds. The molecule has 3 saturated carbocycles. The van der Waals surface area contributed by atoms with Crippen LogP contribution in [-0.2, 0) is 9.57 Å². The molecule has 1 saturated heterocycles. The summed E-state index contributed by atoms with van der Waals surface area (Å²) in [5.74, 6) is 2.19. The van der Waals surface area contributed by atoms with Crippen LogP contribution in [0.2, 0.25) is 0 Å². The Morgan fingerprint density at radius 3 is 2.60 bits per heavy atom. The summed E-state index contributed by atoms with van der Waals surface area (Å²) in [7, 11) is 0. The van der Waals surface area contributed by atoms with Crippen LogP contribution < -0.4 is 10.8 Å². The maximum atomic E-state index is 11.7. The molecule has 0 aromatic heterocycles. The molecule has 114 valence electrons. The van der Waals surface area contributed by atoms with Crippen molar-refractivity contribution < 1.29 is 14.4 Å². The topological polar surface area (TPSA) is 59.6 Å². The van der Waals surface area contributed by atoms with Gasteiger partial charge in [0.05, 0.1) is 5.54 Å². The lowest BCUT2D eigenvalue weighted by atomic mass is 9.56. The Labute approximate surface area is 120 Å². The normalized spacial score (nSPS) is 39.5. The zero-order valence-electron chi connectivity index (χ0n) is 12.7. The Bertz CT molecular complexity index is 383. The van der Waals surface area contributed by atoms with E-state index in [1.54, 1.807) is 0 Å². The average molecular weight is 282 g/mol. The van der Waals surface area contributed by atoms with Crippen LogP contribution >= 0.6 is 0 Å². The lowest BCUT2D eigenvalue weighted by Crippen LogP contribution is -2.61. The van der Waals surface area contributed by atoms with Crippen molar-refractivity contribution in [2.45, 2.75) is 57.6 Å². The van der Waals surface area contributed by atoms with Gasteiger partial charge in [-0.25, -0.2) is 4.79 Å². The minimum Gasteiger partial charge on any atom is -0.427 e. The van der Waals surface area contributed by atoms with Crippen LogP contribution in [0.4, 0.5) is 4.79 Å². The molecule has 0 radical (unpaired) electrons. The minimum absolute atomic E-state index is 0.0418. The third-order valence-electron chi connectivity index (χ3n) is 5.23. The van der Waals surface area contributed by atoms with Crippen molar-refractivity contribution in [3.8, 4) is 0 Å². The summed E-state index contributed by atoms with van der Waals surface area (Å²) < 4.78 is 5.20. The van der Waals surface area contributed by atoms with E-state index in [1.807, 2.05) is 20.8 Å². The van der Waals surface area contributed by atoms with Gasteiger partial charge in [0.15, 0.2) is 0 Å². The van der Waals surface area contributed by atoms with Gasteiger partial charge < -0.3 is 14.9 Å². The molecule has 2 atom stereocenters. The summed E-state index contributed by atoms with van der Waals surface area (Å²) in [5.41, 5.74) is 2.54. The van der Waals surface area contributed by atoms with Gasteiger partial charge in [-0.15, -0.1) is 5.48 Å². The molecule has 20 heavy (non-hydrogen) atoms. The summed E-state index contributed by atoms with van der Waals surface area (Å²) in [6, 6.07) is 0. The summed E-state index contributed by atoms with van der Waals surface area (Å²) >= 11 is 0. The third kappa shape index (κ3) is 2.53. The Morgan fingerprint density at radius 1 is 1.25 bits per heavy atom. The molecule has 2 bridgehead atoms. The molecule has 2 unspecified atom stereocenters. The molecule has 0 spiro atoms. The smallest absolute Gasteiger partial charge is 0.427 e. The van der Waals surface area contributed by atoms with Gasteiger partial charge in [-0.2, -0.15) is 0 Å². The van der Waals surface area contributed by atoms with Gasteiger partial charge in [0.25, 0.3) is 0 Å². The molecule has 2 N–H and O–H groups in total. The first-order valence-corrected chi connectivity index (χ1v) is 7.77. The van der Waals surface area contributed by atoms with E-state index in [4.69, 9.17) is 9.57 Å². The van der Waals surface area contributed by atoms with E-state index in [-0.39, 0.29) is 5.54 Å². The SMILES string of the molecule is CC(C)(C)OC(=O)ONC12CCC(CC1)C1CNCC12. The highest BCUT2D eigenvalue weighted by Crippen LogP contribution is 2.52. The Morgan fingerprint density at radius 2 is 1.95 bits per heavy atom. The average Bonchev–Trinajstić information content (AvgIpc) is 2.87. The summed E-state index contributed by atoms with van der Waals surface area (Å²) in [4.78, 5) is 17.0. The predicted molar refractivity (Wildman–Crippen MR) is 75.0 cm³/mol. The Balaban J connectivity index is 1.62. The van der Waals surface area contributed by atoms with E-state index in [0.717, 1.165) is 37.8 Å². The number of hydroxylamine groups is 1. The van der Waals surface area contributed by atoms with Crippen LogP contribution in [0.5, 0.6) is 0 Å². The fourth-order valence-electron chi connectivity index (χ4n) is 4.35. The summed E-state index contributed by atoms with van der Waals surface area (Å²) in [6.07, 6.45) is 4.07. The lowest BCUT2D eigenvalue weighted by molar-refractivity contribution is -0.104. The van der Waals surface area contributed by atoms with Crippen LogP contribution in [0.15, 0.2) is 0 Å². The van der Waals surface area contributed by atoms with Crippen molar-refractivity contribution in [2.24, 2.45) is 17.8 Å². The third-order valence-corrected chi connectivity index (χ3v) is 5.23. The highest BCUT2D eigenvalue weighted by atomic mass is 16.8. The number of hydrogen-bond acceptors (Lipinski definition) is 5. The second-order valence-corrected chi connectivity index (χ2v) is 7.59. The van der Waals surface area contributed by atoms with Crippen LogP contribution in [-0.4, -0.2) is 30.4 Å². The zero-order valence-corrected chi connectivity index (χ0v) is 12.7. The van der Waals surface area contributed by atoms with E-state index >= 15 is 0 Å². The monoisotopic (exact) mass is 282 g/mol. The van der Waals surface area contributed by atoms with E-state index < -0.39 is 11.8 Å². The van der Waals surface area contributed by atoms with Crippen LogP contribution in [0.3, 0.4) is 0 Å². The molecule has 0 aromatic rings. The molecule has 5 heteroatoms. The molecule has 4 fully saturated rings. The largest absolute Gasteiger partial charge is 0.528 e. The maximum Gasteiger partial charge on any atom is 0.528 e. The number of hydrogen-bond donors (Lipinski definition) is 2. The molecule has 1 aliphatic heterocycles. The van der Waals surface area contributed by atoms with Crippen LogP contribution in [0.1, 0.15) is 46.5 Å². The minimum atomic E-state index is -0.623. The van der Waals surface area contributed by atoms with Gasteiger partial charge in [-0.05, 0) is 70.8 Å². The zero-order chi connectivity index (χ0) is 14.4. The molecule has 1 heterocycles. The van der Waals surface area contributed by atoms with E-state index in [2.05, 4.69) is 10.8 Å². The van der Waals surface area contributed by atoms with E-state index in [9.17, 15) is 4.79 Å². The number of fused-ring (bicyclic) bond motifs is 2. The van der Waals surface area contributed by atoms with Gasteiger partial charge in [0.1, 0.15) is 5.60 Å². The van der Waals surface area contributed by atoms with Crippen molar-refractivity contribution in [1.29, 1.82) is 0 Å². The second-order valence-electron chi connectivity index (χ2n) is 7.59. The quantitative estimate of drug-likeness (QED) is 0.601. The van der Waals surface area contributed by atoms with Gasteiger partial charge in [0.2, 0.25) is 0 Å². The van der Waals surface area contributed by atoms with Gasteiger partial charge >= 0.3 is 6.16 Å². The molecule has 0 aromatic carbocycles. The first-order chi connectivity index (χ1) is 9.40. The predicted octanol–water partition coefficient (Wildman–Crippen LogP) is 2.22. The molecular formula is C15H26N2O3. The van der Waals surface area contributed by atoms with Gasteiger partial charge in [0, 0.05) is 6.54 Å². The second kappa shape index (κ2) is 4.88. The number of carbonyl (C=O) groups is 1. The number of ether oxygens (including phenoxy) is 1. The standard InChI is InChI=1S/C15H26N2O3/c1-14(2,3)19-13(18)20-17-15-6-4-10(5-7-15)11-8-16-9-12(11)15/h10-12,16-17H,4-9H2,1-3H3. The van der Waals surface area contributed by atoms with Crippen molar-refractivity contribution in [2.75, 3.05) is 13.1 Å². The summed E-state index contributed by atoms with van der Waals surface area (Å²) in [6.45, 7) is 7.68. The highest BCUT2D eigenvalue weighted by molar-refractivity contribution is 5.60. The van der Waals surface area contributed by atoms with E-state index in [1.165, 1.54) is 12.8 Å². The number of rotatable bonds is 2. The van der Waals surface area contributed by atoms with Crippen molar-refractivity contribution in [1.82, 2.24) is 10.8 Å². The summed E-state index contributed by atoms with van der Waals surface area (Å²) in [5, 5.41) is 3.50. The number of carbonyl (C=O) groups excluding carboxylic acids is 1. The van der Waals surface area contributed by atoms with Crippen LogP contribution in [0.25, 0.3) is 0 Å². The molecular weight excluding hydrogens is 256 g/mol. The molecule has 4 rings (SSSR count). The van der Waals surface area contributed by atoms with E-state index in [0.29, 0.717) is 5.92 Å². The molecule has 3 aliphatic carbocycles. The Hall–Kier alpha value is -0.810. The Kier molecular flexibility index (Phi) is 3.45. The first kappa shape index (κ1) is 14.1. The van der Waals surface area contributed by atoms with Crippen molar-refractivity contribution >= 4 is 6.16 Å². The molecule has 4 aliphatic rings. The van der Waals surface area contributed by atoms with Gasteiger partial charge in [-0.3, -0.25) is 0 Å². The lowest BCUT2D eigenvalue weighted by Gasteiger charge is -2.53. The van der Waals surface area contributed by atoms with Crippen molar-refractivity contribution in [3.05, 3.63) is 0 Å². The fraction of sp³-hybridized carbons (Fsp3) is 0.933. The highest BCUT2D eigenvalue weighted by Gasteiger charge is 2.55. The number of nitrogens with one attached hydrogen (secondary N) is 2. The van der Waals surface area contributed by atoms with Crippen molar-refractivity contribution in [3.63, 3.8) is 0 Å². The van der Waals surface area contributed by atoms with Crippen LogP contribution in [0, 0.1) is 17.8 Å². The molecule has 5 nitrogen and oxygen atoms in total. The fourth-order valence-corrected chi connectivity index (χ4v) is 4.35.